The van der Waals surface area contributed by atoms with Crippen LogP contribution in [-0.4, -0.2) is 42.8 Å². The summed E-state index contributed by atoms with van der Waals surface area (Å²) in [5, 5.41) is 12.0. The maximum Gasteiger partial charge on any atom is 0.310 e. The van der Waals surface area contributed by atoms with Crippen LogP contribution < -0.4 is 5.32 Å². The first-order valence-corrected chi connectivity index (χ1v) is 8.83. The van der Waals surface area contributed by atoms with Crippen molar-refractivity contribution in [3.05, 3.63) is 23.8 Å². The summed E-state index contributed by atoms with van der Waals surface area (Å²) in [6.45, 7) is 1.73. The van der Waals surface area contributed by atoms with Gasteiger partial charge in [-0.2, -0.15) is 4.31 Å². The number of rotatable bonds is 3. The normalized spacial score (nSPS) is 25.0. The van der Waals surface area contributed by atoms with Crippen molar-refractivity contribution in [1.82, 2.24) is 4.31 Å². The SMILES string of the molecule is C[C@]1(C(=O)O)CCN(S(=O)(=O)c2ccc3c(c2)CCC(=O)N3)C1. The summed E-state index contributed by atoms with van der Waals surface area (Å²) in [5.41, 5.74) is 0.373. The molecule has 1 fully saturated rings. The van der Waals surface area contributed by atoms with Crippen molar-refractivity contribution >= 4 is 27.6 Å². The van der Waals surface area contributed by atoms with Crippen molar-refractivity contribution < 1.29 is 23.1 Å². The van der Waals surface area contributed by atoms with Crippen LogP contribution in [0.4, 0.5) is 5.69 Å². The van der Waals surface area contributed by atoms with Crippen molar-refractivity contribution in [2.24, 2.45) is 5.41 Å². The van der Waals surface area contributed by atoms with Crippen LogP contribution in [0.25, 0.3) is 0 Å². The Kier molecular flexibility index (Phi) is 3.68. The van der Waals surface area contributed by atoms with Crippen LogP contribution in [0, 0.1) is 5.41 Å². The molecule has 2 heterocycles. The Bertz CT molecular complexity index is 789. The zero-order valence-corrected chi connectivity index (χ0v) is 13.5. The number of amides is 1. The number of sulfonamides is 1. The fraction of sp³-hybridized carbons (Fsp3) is 0.467. The molecule has 23 heavy (non-hydrogen) atoms. The summed E-state index contributed by atoms with van der Waals surface area (Å²) >= 11 is 0. The van der Waals surface area contributed by atoms with Crippen LogP contribution in [0.1, 0.15) is 25.3 Å². The highest BCUT2D eigenvalue weighted by Gasteiger charge is 2.45. The second-order valence-electron chi connectivity index (χ2n) is 6.32. The van der Waals surface area contributed by atoms with Gasteiger partial charge in [0, 0.05) is 25.2 Å². The number of fused-ring (bicyclic) bond motifs is 1. The molecule has 0 aromatic heterocycles. The Labute approximate surface area is 134 Å². The number of aryl methyl sites for hydroxylation is 1. The number of hydrogen-bond donors (Lipinski definition) is 2. The van der Waals surface area contributed by atoms with E-state index in [-0.39, 0.29) is 23.9 Å². The number of carboxylic acid groups (broad SMARTS) is 1. The number of carboxylic acids is 1. The van der Waals surface area contributed by atoms with E-state index in [1.165, 1.54) is 10.4 Å². The summed E-state index contributed by atoms with van der Waals surface area (Å²) in [5.74, 6) is -1.06. The minimum atomic E-state index is -3.73. The highest BCUT2D eigenvalue weighted by atomic mass is 32.2. The molecule has 0 aliphatic carbocycles. The third kappa shape index (κ3) is 2.72. The van der Waals surface area contributed by atoms with Gasteiger partial charge in [-0.25, -0.2) is 8.42 Å². The van der Waals surface area contributed by atoms with Gasteiger partial charge in [0.2, 0.25) is 15.9 Å². The lowest BCUT2D eigenvalue weighted by molar-refractivity contribution is -0.146. The first-order valence-electron chi connectivity index (χ1n) is 7.39. The molecular formula is C15H18N2O5S. The molecule has 1 aromatic carbocycles. The van der Waals surface area contributed by atoms with Crippen LogP contribution >= 0.6 is 0 Å². The molecule has 1 aromatic rings. The van der Waals surface area contributed by atoms with Gasteiger partial charge in [0.1, 0.15) is 0 Å². The molecule has 0 saturated carbocycles. The van der Waals surface area contributed by atoms with E-state index in [0.717, 1.165) is 5.56 Å². The molecule has 124 valence electrons. The summed E-state index contributed by atoms with van der Waals surface area (Å²) in [4.78, 5) is 22.8. The second-order valence-corrected chi connectivity index (χ2v) is 8.26. The maximum absolute atomic E-state index is 12.7. The van der Waals surface area contributed by atoms with Gasteiger partial charge < -0.3 is 10.4 Å². The van der Waals surface area contributed by atoms with Crippen LogP contribution in [0.5, 0.6) is 0 Å². The fourth-order valence-electron chi connectivity index (χ4n) is 2.97. The lowest BCUT2D eigenvalue weighted by Gasteiger charge is -2.22. The van der Waals surface area contributed by atoms with Gasteiger partial charge in [-0.1, -0.05) is 0 Å². The minimum absolute atomic E-state index is 0.0293. The number of anilines is 1. The van der Waals surface area contributed by atoms with Gasteiger partial charge in [0.25, 0.3) is 0 Å². The number of hydrogen-bond acceptors (Lipinski definition) is 4. The molecule has 1 saturated heterocycles. The number of nitrogens with zero attached hydrogens (tertiary/aromatic N) is 1. The minimum Gasteiger partial charge on any atom is -0.481 e. The van der Waals surface area contributed by atoms with Crippen LogP contribution in [0.15, 0.2) is 23.1 Å². The molecule has 0 bridgehead atoms. The van der Waals surface area contributed by atoms with Crippen molar-refractivity contribution in [1.29, 1.82) is 0 Å². The summed E-state index contributed by atoms with van der Waals surface area (Å²) in [7, 11) is -3.73. The highest BCUT2D eigenvalue weighted by molar-refractivity contribution is 7.89. The van der Waals surface area contributed by atoms with E-state index in [9.17, 15) is 23.1 Å². The largest absolute Gasteiger partial charge is 0.481 e. The Balaban J connectivity index is 1.89. The Hall–Kier alpha value is -1.93. The molecule has 0 radical (unpaired) electrons. The quantitative estimate of drug-likeness (QED) is 0.857. The maximum atomic E-state index is 12.7. The fourth-order valence-corrected chi connectivity index (χ4v) is 4.58. The number of benzene rings is 1. The first-order chi connectivity index (χ1) is 10.7. The summed E-state index contributed by atoms with van der Waals surface area (Å²) < 4.78 is 26.7. The third-order valence-corrected chi connectivity index (χ3v) is 6.41. The van der Waals surface area contributed by atoms with Gasteiger partial charge in [0.05, 0.1) is 10.3 Å². The van der Waals surface area contributed by atoms with E-state index >= 15 is 0 Å². The summed E-state index contributed by atoms with van der Waals surface area (Å²) in [6, 6.07) is 4.61. The topological polar surface area (TPSA) is 104 Å². The van der Waals surface area contributed by atoms with Crippen molar-refractivity contribution in [3.8, 4) is 0 Å². The summed E-state index contributed by atoms with van der Waals surface area (Å²) in [6.07, 6.45) is 1.12. The Morgan fingerprint density at radius 3 is 2.74 bits per heavy atom. The van der Waals surface area contributed by atoms with Crippen LogP contribution in [0.3, 0.4) is 0 Å². The molecule has 1 amide bonds. The van der Waals surface area contributed by atoms with Crippen LogP contribution in [-0.2, 0) is 26.0 Å². The molecule has 1 atom stereocenters. The van der Waals surface area contributed by atoms with E-state index in [1.807, 2.05) is 0 Å². The molecule has 2 aliphatic rings. The average Bonchev–Trinajstić information content (AvgIpc) is 2.91. The average molecular weight is 338 g/mol. The van der Waals surface area contributed by atoms with E-state index in [1.54, 1.807) is 19.1 Å². The second kappa shape index (κ2) is 5.31. The predicted octanol–water partition coefficient (Wildman–Crippen LogP) is 1.06. The van der Waals surface area contributed by atoms with Gasteiger partial charge in [-0.15, -0.1) is 0 Å². The molecule has 0 spiro atoms. The van der Waals surface area contributed by atoms with Gasteiger partial charge in [-0.05, 0) is 43.5 Å². The molecule has 0 unspecified atom stereocenters. The van der Waals surface area contributed by atoms with Crippen molar-refractivity contribution in [2.45, 2.75) is 31.1 Å². The molecular weight excluding hydrogens is 320 g/mol. The molecule has 3 rings (SSSR count). The van der Waals surface area contributed by atoms with E-state index in [0.29, 0.717) is 24.9 Å². The Morgan fingerprint density at radius 1 is 1.35 bits per heavy atom. The number of nitrogens with one attached hydrogen (secondary N) is 1. The van der Waals surface area contributed by atoms with Crippen molar-refractivity contribution in [2.75, 3.05) is 18.4 Å². The predicted molar refractivity (Wildman–Crippen MR) is 82.5 cm³/mol. The third-order valence-electron chi connectivity index (χ3n) is 4.56. The zero-order chi connectivity index (χ0) is 16.8. The van der Waals surface area contributed by atoms with Crippen molar-refractivity contribution in [3.63, 3.8) is 0 Å². The zero-order valence-electron chi connectivity index (χ0n) is 12.7. The first kappa shape index (κ1) is 15.9. The van der Waals surface area contributed by atoms with Gasteiger partial charge in [-0.3, -0.25) is 9.59 Å². The lowest BCUT2D eigenvalue weighted by Crippen LogP contribution is -2.35. The molecule has 7 nitrogen and oxygen atoms in total. The van der Waals surface area contributed by atoms with E-state index < -0.39 is 21.4 Å². The smallest absolute Gasteiger partial charge is 0.310 e. The van der Waals surface area contributed by atoms with E-state index in [2.05, 4.69) is 5.32 Å². The van der Waals surface area contributed by atoms with Crippen LogP contribution in [0.2, 0.25) is 0 Å². The number of carbonyl (C=O) groups is 2. The Morgan fingerprint density at radius 2 is 2.09 bits per heavy atom. The monoisotopic (exact) mass is 338 g/mol. The standard InChI is InChI=1S/C15H18N2O5S/c1-15(14(19)20)6-7-17(9-15)23(21,22)11-3-4-12-10(8-11)2-5-13(18)16-12/h3-4,8H,2,5-7,9H2,1H3,(H,16,18)(H,19,20)/t15-/m0/s1. The lowest BCUT2D eigenvalue weighted by atomic mass is 9.90. The molecule has 2 aliphatic heterocycles. The molecule has 8 heteroatoms. The number of carbonyl (C=O) groups excluding carboxylic acids is 1. The van der Waals surface area contributed by atoms with Gasteiger partial charge in [0.15, 0.2) is 0 Å². The highest BCUT2D eigenvalue weighted by Crippen LogP contribution is 2.35. The number of aliphatic carboxylic acids is 1. The van der Waals surface area contributed by atoms with Gasteiger partial charge >= 0.3 is 5.97 Å². The molecule has 2 N–H and O–H groups in total. The van der Waals surface area contributed by atoms with E-state index in [4.69, 9.17) is 0 Å².